The van der Waals surface area contributed by atoms with E-state index in [9.17, 15) is 4.79 Å². The van der Waals surface area contributed by atoms with Gasteiger partial charge in [-0.15, -0.1) is 0 Å². The van der Waals surface area contributed by atoms with Crippen LogP contribution in [0.3, 0.4) is 0 Å². The number of hydrogen-bond donors (Lipinski definition) is 2. The first-order valence-electron chi connectivity index (χ1n) is 16.3. The zero-order valence-corrected chi connectivity index (χ0v) is 26.4. The van der Waals surface area contributed by atoms with Gasteiger partial charge in [0.25, 0.3) is 0 Å². The molecule has 1 aromatic carbocycles. The highest BCUT2D eigenvalue weighted by Gasteiger charge is 2.65. The van der Waals surface area contributed by atoms with Crippen LogP contribution in [-0.2, 0) is 4.74 Å². The van der Waals surface area contributed by atoms with Gasteiger partial charge in [-0.3, -0.25) is 0 Å². The molecule has 4 nitrogen and oxygen atoms in total. The van der Waals surface area contributed by atoms with E-state index in [0.29, 0.717) is 33.7 Å². The molecule has 4 saturated carbocycles. The molecule has 4 fully saturated rings. The zero-order chi connectivity index (χ0) is 29.0. The minimum atomic E-state index is -0.291. The minimum Gasteiger partial charge on any atom is -0.458 e. The van der Waals surface area contributed by atoms with Crippen molar-refractivity contribution in [3.05, 3.63) is 35.4 Å². The maximum atomic E-state index is 13.1. The van der Waals surface area contributed by atoms with Crippen molar-refractivity contribution in [2.45, 2.75) is 119 Å². The van der Waals surface area contributed by atoms with E-state index in [2.05, 4.69) is 54.5 Å². The highest BCUT2D eigenvalue weighted by Crippen LogP contribution is 2.72. The second-order valence-corrected chi connectivity index (χ2v) is 15.7. The topological polar surface area (TPSA) is 78.3 Å². The van der Waals surface area contributed by atoms with E-state index in [1.54, 1.807) is 18.2 Å². The highest BCUT2D eigenvalue weighted by molar-refractivity contribution is 5.91. The van der Waals surface area contributed by atoms with Crippen LogP contribution in [0.15, 0.2) is 29.8 Å². The van der Waals surface area contributed by atoms with Gasteiger partial charge in [0.05, 0.1) is 5.56 Å². The van der Waals surface area contributed by atoms with Crippen molar-refractivity contribution in [2.75, 3.05) is 11.5 Å². The molecule has 4 aliphatic rings. The Morgan fingerprint density at radius 3 is 2.20 bits per heavy atom. The number of anilines is 2. The molecule has 1 aromatic rings. The molecule has 4 aliphatic carbocycles. The summed E-state index contributed by atoms with van der Waals surface area (Å²) < 4.78 is 6.23. The molecule has 40 heavy (non-hydrogen) atoms. The summed E-state index contributed by atoms with van der Waals surface area (Å²) in [7, 11) is 0. The van der Waals surface area contributed by atoms with Gasteiger partial charge in [0.2, 0.25) is 0 Å². The van der Waals surface area contributed by atoms with E-state index in [0.717, 1.165) is 36.0 Å². The maximum absolute atomic E-state index is 13.1. The normalized spacial score (nSPS) is 38.9. The third-order valence-electron chi connectivity index (χ3n) is 13.2. The minimum absolute atomic E-state index is 0.0330. The molecule has 9 unspecified atom stereocenters. The van der Waals surface area contributed by atoms with E-state index in [1.807, 2.05) is 0 Å². The molecule has 0 aromatic heterocycles. The molecule has 4 N–H and O–H groups in total. The summed E-state index contributed by atoms with van der Waals surface area (Å²) in [4.78, 5) is 13.1. The molecule has 0 aliphatic heterocycles. The van der Waals surface area contributed by atoms with E-state index >= 15 is 0 Å². The Labute approximate surface area is 244 Å². The molecule has 0 amide bonds. The van der Waals surface area contributed by atoms with Crippen LogP contribution in [-0.4, -0.2) is 12.1 Å². The van der Waals surface area contributed by atoms with Gasteiger partial charge in [0, 0.05) is 16.8 Å². The molecule has 0 radical (unpaired) electrons. The number of benzene rings is 1. The average molecular weight is 549 g/mol. The number of nitrogens with two attached hydrogens (primary N) is 2. The summed E-state index contributed by atoms with van der Waals surface area (Å²) in [5, 5.41) is 0. The van der Waals surface area contributed by atoms with Crippen LogP contribution >= 0.6 is 0 Å². The van der Waals surface area contributed by atoms with Gasteiger partial charge in [0.15, 0.2) is 0 Å². The van der Waals surface area contributed by atoms with Gasteiger partial charge in [-0.25, -0.2) is 4.79 Å². The Balaban J connectivity index is 1.29. The molecule has 4 heteroatoms. The van der Waals surface area contributed by atoms with Gasteiger partial charge in [-0.1, -0.05) is 46.3 Å². The first kappa shape index (κ1) is 29.5. The summed E-state index contributed by atoms with van der Waals surface area (Å²) in [5.74, 6) is 4.39. The fourth-order valence-electron chi connectivity index (χ4n) is 10.9. The van der Waals surface area contributed by atoms with E-state index in [1.165, 1.54) is 63.4 Å². The van der Waals surface area contributed by atoms with Crippen LogP contribution in [0.25, 0.3) is 0 Å². The molecule has 0 bridgehead atoms. The lowest BCUT2D eigenvalue weighted by atomic mass is 9.42. The molecule has 0 heterocycles. The predicted molar refractivity (Wildman–Crippen MR) is 167 cm³/mol. The van der Waals surface area contributed by atoms with Crippen molar-refractivity contribution >= 4 is 17.3 Å². The van der Waals surface area contributed by atoms with Crippen LogP contribution in [0.1, 0.15) is 123 Å². The van der Waals surface area contributed by atoms with Crippen molar-refractivity contribution in [1.29, 1.82) is 0 Å². The van der Waals surface area contributed by atoms with Crippen LogP contribution in [0.5, 0.6) is 0 Å². The highest BCUT2D eigenvalue weighted by atomic mass is 16.5. The fourth-order valence-corrected chi connectivity index (χ4v) is 10.9. The summed E-state index contributed by atoms with van der Waals surface area (Å²) >= 11 is 0. The van der Waals surface area contributed by atoms with Crippen molar-refractivity contribution < 1.29 is 9.53 Å². The predicted octanol–water partition coefficient (Wildman–Crippen LogP) is 9.05. The van der Waals surface area contributed by atoms with Crippen LogP contribution in [0, 0.1) is 51.8 Å². The molecule has 222 valence electrons. The third-order valence-corrected chi connectivity index (χ3v) is 13.2. The summed E-state index contributed by atoms with van der Waals surface area (Å²) in [6.45, 7) is 17.1. The number of ether oxygens (including phenoxy) is 1. The van der Waals surface area contributed by atoms with Gasteiger partial charge < -0.3 is 16.2 Å². The Bertz CT molecular complexity index is 1120. The lowest BCUT2D eigenvalue weighted by Gasteiger charge is -2.63. The Morgan fingerprint density at radius 1 is 0.900 bits per heavy atom. The Kier molecular flexibility index (Phi) is 7.90. The Morgan fingerprint density at radius 2 is 1.52 bits per heavy atom. The largest absolute Gasteiger partial charge is 0.458 e. The van der Waals surface area contributed by atoms with Crippen molar-refractivity contribution in [3.8, 4) is 0 Å². The average Bonchev–Trinajstić information content (AvgIpc) is 3.16. The standard InChI is InChI=1S/C36H56N2O2/c1-22(2)9-8-10-23(3)29-16-18-36(7)31-13-12-30-27(28(31)15-17-35(29,36)6)11-14-32(34(30,4)5)40-33(39)24-19-25(37)21-26(38)20-24/h9,19-21,23,27-32H,8,10-18,37-38H2,1-7H3. The first-order chi connectivity index (χ1) is 18.8. The van der Waals surface area contributed by atoms with Crippen molar-refractivity contribution in [1.82, 2.24) is 0 Å². The van der Waals surface area contributed by atoms with Crippen LogP contribution < -0.4 is 11.5 Å². The second kappa shape index (κ2) is 10.7. The van der Waals surface area contributed by atoms with Gasteiger partial charge in [-0.05, 0) is 143 Å². The Hall–Kier alpha value is -1.97. The smallest absolute Gasteiger partial charge is 0.338 e. The molecular formula is C36H56N2O2. The molecule has 0 saturated heterocycles. The summed E-state index contributed by atoms with van der Waals surface area (Å²) in [6, 6.07) is 5.04. The number of allylic oxidation sites excluding steroid dienone is 2. The number of fused-ring (bicyclic) bond motifs is 5. The SMILES string of the molecule is CC(C)=CCCC(C)C1CCC2(C)C3CCC4C(CCC(OC(=O)c5cc(N)cc(N)c5)C4(C)C)C3CCC12C. The van der Waals surface area contributed by atoms with Gasteiger partial charge in [-0.2, -0.15) is 0 Å². The van der Waals surface area contributed by atoms with E-state index in [-0.39, 0.29) is 17.5 Å². The second-order valence-electron chi connectivity index (χ2n) is 15.7. The van der Waals surface area contributed by atoms with E-state index < -0.39 is 0 Å². The number of nitrogen functional groups attached to an aromatic ring is 2. The summed E-state index contributed by atoms with van der Waals surface area (Å²) in [6.07, 6.45) is 15.3. The monoisotopic (exact) mass is 548 g/mol. The molecule has 0 spiro atoms. The lowest BCUT2D eigenvalue weighted by molar-refractivity contribution is -0.162. The number of hydrogen-bond acceptors (Lipinski definition) is 4. The molecule has 9 atom stereocenters. The number of rotatable bonds is 6. The summed E-state index contributed by atoms with van der Waals surface area (Å²) in [5.41, 5.74) is 15.7. The lowest BCUT2D eigenvalue weighted by Crippen LogP contribution is -2.58. The number of carbonyl (C=O) groups excluding carboxylic acids is 1. The maximum Gasteiger partial charge on any atom is 0.338 e. The van der Waals surface area contributed by atoms with Gasteiger partial charge in [0.1, 0.15) is 6.10 Å². The van der Waals surface area contributed by atoms with Crippen LogP contribution in [0.2, 0.25) is 0 Å². The van der Waals surface area contributed by atoms with E-state index in [4.69, 9.17) is 16.2 Å². The zero-order valence-electron chi connectivity index (χ0n) is 26.4. The number of carbonyl (C=O) groups is 1. The third kappa shape index (κ3) is 4.90. The quantitative estimate of drug-likeness (QED) is 0.211. The van der Waals surface area contributed by atoms with Crippen molar-refractivity contribution in [3.63, 3.8) is 0 Å². The fraction of sp³-hybridized carbons (Fsp3) is 0.750. The van der Waals surface area contributed by atoms with Gasteiger partial charge >= 0.3 is 5.97 Å². The molecule has 5 rings (SSSR count). The van der Waals surface area contributed by atoms with Crippen LogP contribution in [0.4, 0.5) is 11.4 Å². The first-order valence-corrected chi connectivity index (χ1v) is 16.3. The number of esters is 1. The molecular weight excluding hydrogens is 492 g/mol. The van der Waals surface area contributed by atoms with Crippen molar-refractivity contribution in [2.24, 2.45) is 51.8 Å².